The van der Waals surface area contributed by atoms with Gasteiger partial charge < -0.3 is 23.7 Å². The van der Waals surface area contributed by atoms with Crippen molar-refractivity contribution in [2.24, 2.45) is 0 Å². The van der Waals surface area contributed by atoms with Crippen LogP contribution in [0.2, 0.25) is 0 Å². The summed E-state index contributed by atoms with van der Waals surface area (Å²) in [6, 6.07) is 3.50. The molecule has 1 saturated heterocycles. The first-order valence-electron chi connectivity index (χ1n) is 12.4. The summed E-state index contributed by atoms with van der Waals surface area (Å²) in [5.74, 6) is 0.874. The van der Waals surface area contributed by atoms with Crippen LogP contribution >= 0.6 is 0 Å². The SMILES string of the molecule is CCCc1c(OCC(=O)OC)ccc2c1OC(CCCCCCOC1CCCCO1)CC2=O. The van der Waals surface area contributed by atoms with Gasteiger partial charge in [-0.15, -0.1) is 0 Å². The van der Waals surface area contributed by atoms with Gasteiger partial charge in [0, 0.05) is 25.2 Å². The molecule has 0 saturated carbocycles. The van der Waals surface area contributed by atoms with Crippen molar-refractivity contribution in [3.8, 4) is 11.5 Å². The number of hydrogen-bond acceptors (Lipinski definition) is 7. The molecule has 1 aromatic carbocycles. The molecule has 1 aromatic rings. The Kier molecular flexibility index (Phi) is 10.5. The van der Waals surface area contributed by atoms with Gasteiger partial charge in [-0.3, -0.25) is 4.79 Å². The molecule has 2 heterocycles. The topological polar surface area (TPSA) is 80.3 Å². The maximum Gasteiger partial charge on any atom is 0.343 e. The zero-order chi connectivity index (χ0) is 23.5. The minimum absolute atomic E-state index is 0.0146. The number of unbranched alkanes of at least 4 members (excludes halogenated alkanes) is 3. The normalized spacial score (nSPS) is 20.1. The van der Waals surface area contributed by atoms with Crippen LogP contribution in [-0.2, 0) is 25.4 Å². The van der Waals surface area contributed by atoms with Crippen LogP contribution in [0.3, 0.4) is 0 Å². The van der Waals surface area contributed by atoms with Gasteiger partial charge in [-0.05, 0) is 57.1 Å². The Labute approximate surface area is 197 Å². The second kappa shape index (κ2) is 13.6. The number of rotatable bonds is 13. The molecule has 2 atom stereocenters. The molecule has 1 fully saturated rings. The zero-order valence-electron chi connectivity index (χ0n) is 20.1. The number of esters is 1. The molecule has 0 bridgehead atoms. The molecule has 7 nitrogen and oxygen atoms in total. The van der Waals surface area contributed by atoms with E-state index in [0.29, 0.717) is 29.9 Å². The van der Waals surface area contributed by atoms with Crippen LogP contribution in [0.15, 0.2) is 12.1 Å². The highest BCUT2D eigenvalue weighted by Crippen LogP contribution is 2.39. The molecule has 0 amide bonds. The monoisotopic (exact) mass is 462 g/mol. The Balaban J connectivity index is 1.47. The fourth-order valence-electron chi connectivity index (χ4n) is 4.35. The maximum absolute atomic E-state index is 12.8. The van der Waals surface area contributed by atoms with Crippen LogP contribution < -0.4 is 9.47 Å². The quantitative estimate of drug-likeness (QED) is 0.301. The number of methoxy groups -OCH3 is 1. The van der Waals surface area contributed by atoms with Crippen LogP contribution in [0.25, 0.3) is 0 Å². The lowest BCUT2D eigenvalue weighted by Crippen LogP contribution is -2.28. The van der Waals surface area contributed by atoms with Crippen molar-refractivity contribution < 1.29 is 33.3 Å². The van der Waals surface area contributed by atoms with Crippen molar-refractivity contribution >= 4 is 11.8 Å². The Morgan fingerprint density at radius 2 is 2.00 bits per heavy atom. The number of hydrogen-bond donors (Lipinski definition) is 0. The highest BCUT2D eigenvalue weighted by atomic mass is 16.7. The fourth-order valence-corrected chi connectivity index (χ4v) is 4.35. The van der Waals surface area contributed by atoms with Crippen molar-refractivity contribution in [2.75, 3.05) is 26.9 Å². The average Bonchev–Trinajstić information content (AvgIpc) is 2.83. The molecule has 33 heavy (non-hydrogen) atoms. The molecule has 2 aliphatic rings. The summed E-state index contributed by atoms with van der Waals surface area (Å²) < 4.78 is 28.0. The number of ether oxygens (including phenoxy) is 5. The second-order valence-corrected chi connectivity index (χ2v) is 8.77. The van der Waals surface area contributed by atoms with Gasteiger partial charge in [0.1, 0.15) is 17.6 Å². The highest BCUT2D eigenvalue weighted by Gasteiger charge is 2.29. The van der Waals surface area contributed by atoms with Gasteiger partial charge in [-0.25, -0.2) is 4.79 Å². The lowest BCUT2D eigenvalue weighted by atomic mass is 9.93. The summed E-state index contributed by atoms with van der Waals surface area (Å²) in [4.78, 5) is 24.3. The van der Waals surface area contributed by atoms with Gasteiger partial charge >= 0.3 is 5.97 Å². The van der Waals surface area contributed by atoms with E-state index in [1.807, 2.05) is 0 Å². The Bertz CT molecular complexity index is 770. The second-order valence-electron chi connectivity index (χ2n) is 8.77. The minimum atomic E-state index is -0.443. The number of carbonyl (C=O) groups is 2. The summed E-state index contributed by atoms with van der Waals surface area (Å²) in [5, 5.41) is 0. The molecule has 0 radical (unpaired) electrons. The van der Waals surface area contributed by atoms with Gasteiger partial charge in [0.25, 0.3) is 0 Å². The van der Waals surface area contributed by atoms with E-state index in [9.17, 15) is 9.59 Å². The first-order chi connectivity index (χ1) is 16.1. The molecule has 184 valence electrons. The summed E-state index contributed by atoms with van der Waals surface area (Å²) in [5.41, 5.74) is 1.47. The standard InChI is InChI=1S/C26H38O7/c1-3-10-21-23(32-18-24(28)29-2)14-13-20-22(27)17-19(33-26(20)21)11-6-4-5-8-15-30-25-12-7-9-16-31-25/h13-14,19,25H,3-12,15-18H2,1-2H3. The zero-order valence-corrected chi connectivity index (χ0v) is 20.1. The van der Waals surface area contributed by atoms with Crippen molar-refractivity contribution in [3.63, 3.8) is 0 Å². The predicted molar refractivity (Wildman–Crippen MR) is 124 cm³/mol. The maximum atomic E-state index is 12.8. The van der Waals surface area contributed by atoms with Crippen molar-refractivity contribution in [1.29, 1.82) is 0 Å². The van der Waals surface area contributed by atoms with Crippen molar-refractivity contribution in [2.45, 2.75) is 89.9 Å². The Morgan fingerprint density at radius 3 is 2.76 bits per heavy atom. The lowest BCUT2D eigenvalue weighted by molar-refractivity contribution is -0.162. The van der Waals surface area contributed by atoms with Crippen molar-refractivity contribution in [1.82, 2.24) is 0 Å². The third kappa shape index (κ3) is 7.71. The third-order valence-electron chi connectivity index (χ3n) is 6.15. The van der Waals surface area contributed by atoms with E-state index in [4.69, 9.17) is 18.9 Å². The summed E-state index contributed by atoms with van der Waals surface area (Å²) >= 11 is 0. The van der Waals surface area contributed by atoms with E-state index in [-0.39, 0.29) is 24.8 Å². The molecule has 0 aliphatic carbocycles. The van der Waals surface area contributed by atoms with Gasteiger partial charge in [0.2, 0.25) is 0 Å². The number of fused-ring (bicyclic) bond motifs is 1. The largest absolute Gasteiger partial charge is 0.489 e. The smallest absolute Gasteiger partial charge is 0.343 e. The fraction of sp³-hybridized carbons (Fsp3) is 0.692. The summed E-state index contributed by atoms with van der Waals surface area (Å²) in [6.45, 7) is 3.45. The third-order valence-corrected chi connectivity index (χ3v) is 6.15. The van der Waals surface area contributed by atoms with Gasteiger partial charge in [-0.2, -0.15) is 0 Å². The van der Waals surface area contributed by atoms with E-state index in [2.05, 4.69) is 11.7 Å². The molecule has 0 N–H and O–H groups in total. The Morgan fingerprint density at radius 1 is 1.15 bits per heavy atom. The highest BCUT2D eigenvalue weighted by molar-refractivity contribution is 6.00. The molecular weight excluding hydrogens is 424 g/mol. The molecule has 0 aromatic heterocycles. The van der Waals surface area contributed by atoms with Crippen LogP contribution in [0.1, 0.15) is 87.1 Å². The predicted octanol–water partition coefficient (Wildman–Crippen LogP) is 5.02. The number of Topliss-reactive ketones (excluding diaryl/α,β-unsaturated/α-hetero) is 1. The molecule has 2 aliphatic heterocycles. The van der Waals surface area contributed by atoms with Gasteiger partial charge in [-0.1, -0.05) is 26.2 Å². The summed E-state index contributed by atoms with van der Waals surface area (Å²) in [6.07, 6.45) is 10.2. The van der Waals surface area contributed by atoms with E-state index in [1.165, 1.54) is 13.5 Å². The van der Waals surface area contributed by atoms with Crippen LogP contribution in [0.5, 0.6) is 11.5 Å². The molecule has 7 heteroatoms. The first kappa shape index (κ1) is 25.5. The molecular formula is C26H38O7. The number of benzene rings is 1. The van der Waals surface area contributed by atoms with E-state index < -0.39 is 5.97 Å². The number of ketones is 1. The lowest BCUT2D eigenvalue weighted by Gasteiger charge is -2.28. The summed E-state index contributed by atoms with van der Waals surface area (Å²) in [7, 11) is 1.33. The van der Waals surface area contributed by atoms with E-state index in [0.717, 1.165) is 70.1 Å². The average molecular weight is 463 g/mol. The Hall–Kier alpha value is -2.12. The van der Waals surface area contributed by atoms with Crippen LogP contribution in [0.4, 0.5) is 0 Å². The molecule has 2 unspecified atom stereocenters. The van der Waals surface area contributed by atoms with Crippen molar-refractivity contribution in [3.05, 3.63) is 23.3 Å². The van der Waals surface area contributed by atoms with E-state index >= 15 is 0 Å². The minimum Gasteiger partial charge on any atom is -0.489 e. The van der Waals surface area contributed by atoms with Crippen LogP contribution in [-0.4, -0.2) is 51.1 Å². The van der Waals surface area contributed by atoms with Gasteiger partial charge in [0.15, 0.2) is 18.7 Å². The number of carbonyl (C=O) groups excluding carboxylic acids is 2. The molecule has 0 spiro atoms. The van der Waals surface area contributed by atoms with Gasteiger partial charge in [0.05, 0.1) is 12.7 Å². The first-order valence-corrected chi connectivity index (χ1v) is 12.4. The van der Waals surface area contributed by atoms with E-state index in [1.54, 1.807) is 12.1 Å². The van der Waals surface area contributed by atoms with Crippen LogP contribution in [0, 0.1) is 0 Å². The molecule has 3 rings (SSSR count).